The van der Waals surface area contributed by atoms with Crippen LogP contribution in [0.1, 0.15) is 22.6 Å². The van der Waals surface area contributed by atoms with E-state index >= 15 is 0 Å². The van der Waals surface area contributed by atoms with E-state index in [1.54, 1.807) is 7.11 Å². The highest BCUT2D eigenvalue weighted by atomic mass is 16.5. The first-order valence-electron chi connectivity index (χ1n) is 5.76. The molecule has 0 unspecified atom stereocenters. The van der Waals surface area contributed by atoms with E-state index in [0.717, 1.165) is 28.0 Å². The summed E-state index contributed by atoms with van der Waals surface area (Å²) >= 11 is 0. The van der Waals surface area contributed by atoms with Crippen molar-refractivity contribution >= 4 is 0 Å². The molecule has 2 N–H and O–H groups in total. The van der Waals surface area contributed by atoms with E-state index in [4.69, 9.17) is 15.0 Å². The number of rotatable bonds is 3. The van der Waals surface area contributed by atoms with Gasteiger partial charge in [-0.05, 0) is 43.5 Å². The minimum atomic E-state index is 0.250. The summed E-state index contributed by atoms with van der Waals surface area (Å²) in [5, 5.41) is 3.95. The maximum absolute atomic E-state index is 5.47. The van der Waals surface area contributed by atoms with Crippen LogP contribution in [0.25, 0.3) is 11.4 Å². The summed E-state index contributed by atoms with van der Waals surface area (Å²) in [6.07, 6.45) is 0. The molecule has 0 amide bonds. The zero-order valence-corrected chi connectivity index (χ0v) is 11.1. The smallest absolute Gasteiger partial charge is 0.240 e. The van der Waals surface area contributed by atoms with Crippen LogP contribution in [0.15, 0.2) is 10.6 Å². The average molecular weight is 247 g/mol. The number of hydrogen-bond acceptors (Lipinski definition) is 5. The molecule has 2 aromatic rings. The molecule has 5 nitrogen and oxygen atoms in total. The highest BCUT2D eigenvalue weighted by Gasteiger charge is 2.15. The standard InChI is InChI=1S/C13H17N3O2/c1-7-5-10(8(2)9(3)12(7)17-4)13-15-11(6-14)18-16-13/h5H,6,14H2,1-4H3. The minimum absolute atomic E-state index is 0.250. The summed E-state index contributed by atoms with van der Waals surface area (Å²) in [7, 11) is 1.68. The molecule has 0 atom stereocenters. The zero-order chi connectivity index (χ0) is 13.3. The molecule has 5 heteroatoms. The predicted octanol–water partition coefficient (Wildman–Crippen LogP) is 2.13. The summed E-state index contributed by atoms with van der Waals surface area (Å²) in [5.74, 6) is 1.91. The Morgan fingerprint density at radius 1 is 1.28 bits per heavy atom. The molecule has 0 spiro atoms. The number of hydrogen-bond donors (Lipinski definition) is 1. The summed E-state index contributed by atoms with van der Waals surface area (Å²) in [6, 6.07) is 2.01. The van der Waals surface area contributed by atoms with Crippen LogP contribution >= 0.6 is 0 Å². The van der Waals surface area contributed by atoms with Crippen molar-refractivity contribution in [1.82, 2.24) is 10.1 Å². The Kier molecular flexibility index (Phi) is 3.34. The van der Waals surface area contributed by atoms with E-state index in [2.05, 4.69) is 10.1 Å². The van der Waals surface area contributed by atoms with E-state index < -0.39 is 0 Å². The van der Waals surface area contributed by atoms with Gasteiger partial charge in [0.1, 0.15) is 5.75 Å². The Morgan fingerprint density at radius 2 is 2.00 bits per heavy atom. The van der Waals surface area contributed by atoms with Gasteiger partial charge in [0.2, 0.25) is 11.7 Å². The molecule has 0 aliphatic heterocycles. The molecule has 0 radical (unpaired) electrons. The number of methoxy groups -OCH3 is 1. The van der Waals surface area contributed by atoms with Gasteiger partial charge in [0, 0.05) is 5.56 Å². The normalized spacial score (nSPS) is 10.7. The number of nitrogens with zero attached hydrogens (tertiary/aromatic N) is 2. The zero-order valence-electron chi connectivity index (χ0n) is 11.1. The molecular weight excluding hydrogens is 230 g/mol. The maximum atomic E-state index is 5.47. The van der Waals surface area contributed by atoms with Crippen molar-refractivity contribution in [3.8, 4) is 17.1 Å². The second-order valence-electron chi connectivity index (χ2n) is 4.24. The molecule has 0 saturated heterocycles. The van der Waals surface area contributed by atoms with Crippen LogP contribution < -0.4 is 10.5 Å². The lowest BCUT2D eigenvalue weighted by Crippen LogP contribution is -1.98. The molecule has 18 heavy (non-hydrogen) atoms. The first-order chi connectivity index (χ1) is 8.58. The molecular formula is C13H17N3O2. The second kappa shape index (κ2) is 4.78. The lowest BCUT2D eigenvalue weighted by molar-refractivity contribution is 0.380. The number of nitrogens with two attached hydrogens (primary N) is 1. The van der Waals surface area contributed by atoms with Crippen molar-refractivity contribution in [1.29, 1.82) is 0 Å². The van der Waals surface area contributed by atoms with Gasteiger partial charge < -0.3 is 15.0 Å². The fourth-order valence-electron chi connectivity index (χ4n) is 2.05. The Morgan fingerprint density at radius 3 is 2.56 bits per heavy atom. The van der Waals surface area contributed by atoms with Crippen molar-refractivity contribution in [3.05, 3.63) is 28.6 Å². The summed E-state index contributed by atoms with van der Waals surface area (Å²) in [5.41, 5.74) is 9.65. The highest BCUT2D eigenvalue weighted by molar-refractivity contribution is 5.66. The van der Waals surface area contributed by atoms with Gasteiger partial charge in [0.25, 0.3) is 0 Å². The Bertz CT molecular complexity index is 576. The lowest BCUT2D eigenvalue weighted by atomic mass is 9.98. The quantitative estimate of drug-likeness (QED) is 0.899. The number of aryl methyl sites for hydroxylation is 1. The fourth-order valence-corrected chi connectivity index (χ4v) is 2.05. The maximum Gasteiger partial charge on any atom is 0.240 e. The Hall–Kier alpha value is -1.88. The van der Waals surface area contributed by atoms with Crippen molar-refractivity contribution in [2.75, 3.05) is 7.11 Å². The molecule has 0 aliphatic rings. The third kappa shape index (κ3) is 1.97. The van der Waals surface area contributed by atoms with E-state index in [9.17, 15) is 0 Å². The number of aromatic nitrogens is 2. The first-order valence-corrected chi connectivity index (χ1v) is 5.76. The number of benzene rings is 1. The van der Waals surface area contributed by atoms with Crippen molar-refractivity contribution < 1.29 is 9.26 Å². The van der Waals surface area contributed by atoms with Gasteiger partial charge in [-0.3, -0.25) is 0 Å². The monoisotopic (exact) mass is 247 g/mol. The van der Waals surface area contributed by atoms with Crippen LogP contribution in [0.3, 0.4) is 0 Å². The summed E-state index contributed by atoms with van der Waals surface area (Å²) < 4.78 is 10.4. The first kappa shape index (κ1) is 12.6. The van der Waals surface area contributed by atoms with E-state index in [0.29, 0.717) is 11.7 Å². The van der Waals surface area contributed by atoms with Crippen molar-refractivity contribution in [3.63, 3.8) is 0 Å². The third-order valence-corrected chi connectivity index (χ3v) is 3.11. The highest BCUT2D eigenvalue weighted by Crippen LogP contribution is 2.32. The van der Waals surface area contributed by atoms with Crippen LogP contribution in [-0.4, -0.2) is 17.3 Å². The molecule has 1 aromatic carbocycles. The third-order valence-electron chi connectivity index (χ3n) is 3.11. The summed E-state index contributed by atoms with van der Waals surface area (Å²) in [4.78, 5) is 4.25. The van der Waals surface area contributed by atoms with E-state index in [1.807, 2.05) is 26.8 Å². The predicted molar refractivity (Wildman–Crippen MR) is 68.4 cm³/mol. The molecule has 1 aromatic heterocycles. The minimum Gasteiger partial charge on any atom is -0.496 e. The topological polar surface area (TPSA) is 74.2 Å². The second-order valence-corrected chi connectivity index (χ2v) is 4.24. The molecule has 96 valence electrons. The molecule has 0 aliphatic carbocycles. The van der Waals surface area contributed by atoms with Crippen LogP contribution in [0, 0.1) is 20.8 Å². The Labute approximate surface area is 106 Å². The van der Waals surface area contributed by atoms with Gasteiger partial charge in [-0.15, -0.1) is 0 Å². The number of ether oxygens (including phenoxy) is 1. The summed E-state index contributed by atoms with van der Waals surface area (Å²) in [6.45, 7) is 6.29. The van der Waals surface area contributed by atoms with Crippen LogP contribution in [0.4, 0.5) is 0 Å². The Balaban J connectivity index is 2.58. The molecule has 1 heterocycles. The lowest BCUT2D eigenvalue weighted by Gasteiger charge is -2.13. The van der Waals surface area contributed by atoms with Gasteiger partial charge >= 0.3 is 0 Å². The van der Waals surface area contributed by atoms with E-state index in [1.165, 1.54) is 0 Å². The molecule has 0 fully saturated rings. The molecule has 2 rings (SSSR count). The molecule has 0 saturated carbocycles. The van der Waals surface area contributed by atoms with Crippen LogP contribution in [-0.2, 0) is 6.54 Å². The van der Waals surface area contributed by atoms with Gasteiger partial charge in [-0.2, -0.15) is 4.98 Å². The van der Waals surface area contributed by atoms with Gasteiger partial charge in [-0.1, -0.05) is 5.16 Å². The van der Waals surface area contributed by atoms with Crippen molar-refractivity contribution in [2.24, 2.45) is 5.73 Å². The SMILES string of the molecule is COc1c(C)cc(-c2noc(CN)n2)c(C)c1C. The van der Waals surface area contributed by atoms with Crippen LogP contribution in [0.5, 0.6) is 5.75 Å². The van der Waals surface area contributed by atoms with Gasteiger partial charge in [0.05, 0.1) is 13.7 Å². The molecule has 0 bridgehead atoms. The average Bonchev–Trinajstić information content (AvgIpc) is 2.83. The van der Waals surface area contributed by atoms with Crippen LogP contribution in [0.2, 0.25) is 0 Å². The van der Waals surface area contributed by atoms with E-state index in [-0.39, 0.29) is 6.54 Å². The van der Waals surface area contributed by atoms with Gasteiger partial charge in [0.15, 0.2) is 0 Å². The van der Waals surface area contributed by atoms with Crippen molar-refractivity contribution in [2.45, 2.75) is 27.3 Å². The largest absolute Gasteiger partial charge is 0.496 e. The van der Waals surface area contributed by atoms with Gasteiger partial charge in [-0.25, -0.2) is 0 Å². The fraction of sp³-hybridized carbons (Fsp3) is 0.385.